The molecule has 0 radical (unpaired) electrons. The second kappa shape index (κ2) is 6.62. The predicted octanol–water partition coefficient (Wildman–Crippen LogP) is 3.38. The summed E-state index contributed by atoms with van der Waals surface area (Å²) >= 11 is 0. The van der Waals surface area contributed by atoms with Crippen molar-refractivity contribution in [3.05, 3.63) is 41.5 Å². The monoisotopic (exact) mass is 282 g/mol. The lowest BCUT2D eigenvalue weighted by molar-refractivity contribution is 0.307. The Kier molecular flexibility index (Phi) is 4.62. The molecule has 0 aliphatic carbocycles. The van der Waals surface area contributed by atoms with Crippen LogP contribution in [0.1, 0.15) is 24.5 Å². The number of nitriles is 1. The van der Waals surface area contributed by atoms with Crippen LogP contribution in [0.5, 0.6) is 5.88 Å². The molecule has 108 valence electrons. The van der Waals surface area contributed by atoms with Crippen LogP contribution >= 0.6 is 0 Å². The number of nitrogen functional groups attached to an aromatic ring is 1. The van der Waals surface area contributed by atoms with E-state index in [1.54, 1.807) is 24.3 Å². The molecule has 3 N–H and O–H groups in total. The van der Waals surface area contributed by atoms with E-state index in [1.165, 1.54) is 0 Å². The number of benzene rings is 1. The molecule has 0 amide bonds. The van der Waals surface area contributed by atoms with E-state index in [0.29, 0.717) is 29.6 Å². The Labute approximate surface area is 124 Å². The van der Waals surface area contributed by atoms with Gasteiger partial charge in [0, 0.05) is 5.69 Å². The number of aromatic nitrogens is 1. The van der Waals surface area contributed by atoms with Crippen LogP contribution < -0.4 is 15.8 Å². The van der Waals surface area contributed by atoms with Crippen LogP contribution in [0, 0.1) is 18.3 Å². The van der Waals surface area contributed by atoms with Gasteiger partial charge in [-0.05, 0) is 43.2 Å². The minimum atomic E-state index is 0.427. The van der Waals surface area contributed by atoms with Gasteiger partial charge in [0.1, 0.15) is 5.82 Å². The van der Waals surface area contributed by atoms with Crippen LogP contribution in [0.4, 0.5) is 17.2 Å². The minimum absolute atomic E-state index is 0.427. The van der Waals surface area contributed by atoms with E-state index >= 15 is 0 Å². The molecule has 1 heterocycles. The molecule has 0 saturated heterocycles. The number of hydrogen-bond donors (Lipinski definition) is 2. The summed E-state index contributed by atoms with van der Waals surface area (Å²) in [5.74, 6) is 1.06. The van der Waals surface area contributed by atoms with Crippen molar-refractivity contribution in [2.75, 3.05) is 17.7 Å². The summed E-state index contributed by atoms with van der Waals surface area (Å²) in [6, 6.07) is 11.1. The molecular weight excluding hydrogens is 264 g/mol. The molecule has 0 aliphatic heterocycles. The van der Waals surface area contributed by atoms with E-state index in [-0.39, 0.29) is 0 Å². The summed E-state index contributed by atoms with van der Waals surface area (Å²) in [6.07, 6.45) is 0.891. The highest BCUT2D eigenvalue weighted by Gasteiger charge is 2.06. The van der Waals surface area contributed by atoms with Gasteiger partial charge in [0.2, 0.25) is 5.88 Å². The third-order valence-corrected chi connectivity index (χ3v) is 2.96. The van der Waals surface area contributed by atoms with Crippen molar-refractivity contribution >= 4 is 17.2 Å². The summed E-state index contributed by atoms with van der Waals surface area (Å²) in [7, 11) is 0. The molecule has 1 aromatic carbocycles. The van der Waals surface area contributed by atoms with Crippen molar-refractivity contribution in [3.8, 4) is 11.9 Å². The molecule has 5 nitrogen and oxygen atoms in total. The maximum Gasteiger partial charge on any atom is 0.239 e. The quantitative estimate of drug-likeness (QED) is 0.878. The fourth-order valence-electron chi connectivity index (χ4n) is 1.80. The second-order valence-electron chi connectivity index (χ2n) is 4.71. The van der Waals surface area contributed by atoms with Gasteiger partial charge in [-0.2, -0.15) is 10.2 Å². The zero-order valence-electron chi connectivity index (χ0n) is 12.2. The van der Waals surface area contributed by atoms with Crippen molar-refractivity contribution in [2.45, 2.75) is 20.3 Å². The third-order valence-electron chi connectivity index (χ3n) is 2.96. The van der Waals surface area contributed by atoms with Gasteiger partial charge < -0.3 is 15.8 Å². The van der Waals surface area contributed by atoms with E-state index < -0.39 is 0 Å². The summed E-state index contributed by atoms with van der Waals surface area (Å²) < 4.78 is 5.51. The average Bonchev–Trinajstić information content (AvgIpc) is 2.50. The highest BCUT2D eigenvalue weighted by Crippen LogP contribution is 2.25. The van der Waals surface area contributed by atoms with Gasteiger partial charge in [-0.15, -0.1) is 0 Å². The van der Waals surface area contributed by atoms with Gasteiger partial charge in [-0.1, -0.05) is 13.0 Å². The largest absolute Gasteiger partial charge is 0.476 e. The highest BCUT2D eigenvalue weighted by molar-refractivity contribution is 5.64. The lowest BCUT2D eigenvalue weighted by atomic mass is 10.1. The normalized spacial score (nSPS) is 9.95. The van der Waals surface area contributed by atoms with E-state index in [4.69, 9.17) is 15.7 Å². The SMILES string of the molecule is CCCOc1nc(Nc2cc(C#N)ccc2C)ccc1N. The van der Waals surface area contributed by atoms with E-state index in [1.807, 2.05) is 19.9 Å². The fraction of sp³-hybridized carbons (Fsp3) is 0.250. The second-order valence-corrected chi connectivity index (χ2v) is 4.71. The Morgan fingerprint density at radius 2 is 2.14 bits per heavy atom. The first-order chi connectivity index (χ1) is 10.1. The Hall–Kier alpha value is -2.74. The first kappa shape index (κ1) is 14.7. The summed E-state index contributed by atoms with van der Waals surface area (Å²) in [5.41, 5.74) is 8.82. The smallest absolute Gasteiger partial charge is 0.239 e. The number of nitrogens with one attached hydrogen (secondary N) is 1. The van der Waals surface area contributed by atoms with Gasteiger partial charge in [-0.25, -0.2) is 0 Å². The molecule has 0 atom stereocenters. The number of hydrogen-bond acceptors (Lipinski definition) is 5. The Bertz CT molecular complexity index is 676. The maximum absolute atomic E-state index is 8.97. The topological polar surface area (TPSA) is 84.0 Å². The van der Waals surface area contributed by atoms with Crippen molar-refractivity contribution in [1.29, 1.82) is 5.26 Å². The van der Waals surface area contributed by atoms with Gasteiger partial charge in [-0.3, -0.25) is 0 Å². The lowest BCUT2D eigenvalue weighted by Crippen LogP contribution is -2.04. The van der Waals surface area contributed by atoms with Gasteiger partial charge in [0.15, 0.2) is 0 Å². The first-order valence-electron chi connectivity index (χ1n) is 6.81. The molecule has 2 aromatic rings. The molecule has 0 spiro atoms. The fourth-order valence-corrected chi connectivity index (χ4v) is 1.80. The molecule has 0 fully saturated rings. The van der Waals surface area contributed by atoms with Crippen LogP contribution in [-0.4, -0.2) is 11.6 Å². The molecule has 0 unspecified atom stereocenters. The first-order valence-corrected chi connectivity index (χ1v) is 6.81. The van der Waals surface area contributed by atoms with Crippen LogP contribution in [0.3, 0.4) is 0 Å². The molecule has 1 aromatic heterocycles. The third kappa shape index (κ3) is 3.63. The van der Waals surface area contributed by atoms with Crippen LogP contribution in [-0.2, 0) is 0 Å². The number of aryl methyl sites for hydroxylation is 1. The molecular formula is C16H18N4O. The number of pyridine rings is 1. The van der Waals surface area contributed by atoms with E-state index in [9.17, 15) is 0 Å². The van der Waals surface area contributed by atoms with Gasteiger partial charge in [0.05, 0.1) is 23.9 Å². The van der Waals surface area contributed by atoms with Crippen molar-refractivity contribution < 1.29 is 4.74 Å². The van der Waals surface area contributed by atoms with Crippen LogP contribution in [0.15, 0.2) is 30.3 Å². The number of nitrogens with two attached hydrogens (primary N) is 1. The summed E-state index contributed by atoms with van der Waals surface area (Å²) in [5, 5.41) is 12.2. The molecule has 0 aliphatic rings. The van der Waals surface area contributed by atoms with Gasteiger partial charge >= 0.3 is 0 Å². The Morgan fingerprint density at radius 1 is 1.33 bits per heavy atom. The Morgan fingerprint density at radius 3 is 2.86 bits per heavy atom. The molecule has 5 heteroatoms. The van der Waals surface area contributed by atoms with E-state index in [2.05, 4.69) is 16.4 Å². The summed E-state index contributed by atoms with van der Waals surface area (Å²) in [4.78, 5) is 4.36. The number of nitrogens with zero attached hydrogens (tertiary/aromatic N) is 2. The van der Waals surface area contributed by atoms with Crippen molar-refractivity contribution in [1.82, 2.24) is 4.98 Å². The number of anilines is 3. The van der Waals surface area contributed by atoms with E-state index in [0.717, 1.165) is 17.7 Å². The van der Waals surface area contributed by atoms with Crippen molar-refractivity contribution in [3.63, 3.8) is 0 Å². The molecule has 21 heavy (non-hydrogen) atoms. The minimum Gasteiger partial charge on any atom is -0.476 e. The zero-order chi connectivity index (χ0) is 15.2. The van der Waals surface area contributed by atoms with Crippen molar-refractivity contribution in [2.24, 2.45) is 0 Å². The lowest BCUT2D eigenvalue weighted by Gasteiger charge is -2.12. The summed E-state index contributed by atoms with van der Waals surface area (Å²) in [6.45, 7) is 4.56. The van der Waals surface area contributed by atoms with Crippen LogP contribution in [0.25, 0.3) is 0 Å². The predicted molar refractivity (Wildman–Crippen MR) is 83.6 cm³/mol. The molecule has 0 saturated carbocycles. The molecule has 2 rings (SSSR count). The highest BCUT2D eigenvalue weighted by atomic mass is 16.5. The Balaban J connectivity index is 2.25. The standard InChI is InChI=1S/C16H18N4O/c1-3-8-21-16-13(18)6-7-15(20-16)19-14-9-12(10-17)5-4-11(14)2/h4-7,9H,3,8,18H2,1-2H3,(H,19,20). The maximum atomic E-state index is 8.97. The molecule has 0 bridgehead atoms. The number of ether oxygens (including phenoxy) is 1. The number of rotatable bonds is 5. The van der Waals surface area contributed by atoms with Crippen LogP contribution in [0.2, 0.25) is 0 Å². The average molecular weight is 282 g/mol. The van der Waals surface area contributed by atoms with Gasteiger partial charge in [0.25, 0.3) is 0 Å². The zero-order valence-corrected chi connectivity index (χ0v) is 12.2.